The molecular formula is C43H53BrN12O6. The van der Waals surface area contributed by atoms with Gasteiger partial charge in [0.15, 0.2) is 0 Å². The average Bonchev–Trinajstić information content (AvgIpc) is 3.93. The number of aromatic amines is 2. The van der Waals surface area contributed by atoms with Gasteiger partial charge in [0.25, 0.3) is 5.91 Å². The van der Waals surface area contributed by atoms with Crippen molar-refractivity contribution in [3.05, 3.63) is 124 Å². The van der Waals surface area contributed by atoms with Gasteiger partial charge in [0, 0.05) is 52.7 Å². The van der Waals surface area contributed by atoms with E-state index in [0.29, 0.717) is 36.2 Å². The third-order valence-electron chi connectivity index (χ3n) is 10.1. The van der Waals surface area contributed by atoms with Crippen molar-refractivity contribution in [3.63, 3.8) is 0 Å². The lowest BCUT2D eigenvalue weighted by molar-refractivity contribution is -0.133. The summed E-state index contributed by atoms with van der Waals surface area (Å²) in [7, 11) is 0. The summed E-state index contributed by atoms with van der Waals surface area (Å²) in [6.45, 7) is 1.68. The van der Waals surface area contributed by atoms with E-state index in [2.05, 4.69) is 57.6 Å². The van der Waals surface area contributed by atoms with Crippen LogP contribution in [0.3, 0.4) is 0 Å². The van der Waals surface area contributed by atoms with Gasteiger partial charge in [0.1, 0.15) is 24.2 Å². The zero-order valence-electron chi connectivity index (χ0n) is 34.2. The summed E-state index contributed by atoms with van der Waals surface area (Å²) in [6.07, 6.45) is 6.40. The van der Waals surface area contributed by atoms with Crippen molar-refractivity contribution in [2.24, 2.45) is 17.2 Å². The fraction of sp³-hybridized carbons (Fsp3) is 0.326. The molecule has 2 aromatic heterocycles. The maximum atomic E-state index is 14.2. The van der Waals surface area contributed by atoms with Gasteiger partial charge in [-0.05, 0) is 67.6 Å². The second kappa shape index (κ2) is 22.9. The number of hydrogen-bond donors (Lipinski definition) is 10. The van der Waals surface area contributed by atoms with Gasteiger partial charge in [-0.25, -0.2) is 14.8 Å². The van der Waals surface area contributed by atoms with Crippen LogP contribution in [-0.4, -0.2) is 92.3 Å². The lowest BCUT2D eigenvalue weighted by Gasteiger charge is -2.29. The van der Waals surface area contributed by atoms with Crippen molar-refractivity contribution in [2.45, 2.75) is 82.2 Å². The zero-order valence-corrected chi connectivity index (χ0v) is 35.8. The smallest absolute Gasteiger partial charge is 0.337 e. The van der Waals surface area contributed by atoms with Gasteiger partial charge in [-0.1, -0.05) is 76.6 Å². The zero-order chi connectivity index (χ0) is 44.6. The average molecular weight is 914 g/mol. The topological polar surface area (TPSA) is 288 Å². The monoisotopic (exact) mass is 912 g/mol. The Morgan fingerprint density at radius 1 is 0.742 bits per heavy atom. The molecule has 0 unspecified atom stereocenters. The van der Waals surface area contributed by atoms with Gasteiger partial charge in [0.05, 0.1) is 18.9 Å². The number of nitrogens with two attached hydrogens (primary N) is 3. The summed E-state index contributed by atoms with van der Waals surface area (Å²) in [4.78, 5) is 91.6. The number of H-pyrrole nitrogens is 2. The quantitative estimate of drug-likeness (QED) is 0.0378. The van der Waals surface area contributed by atoms with Crippen LogP contribution in [0.1, 0.15) is 48.6 Å². The fourth-order valence-electron chi connectivity index (χ4n) is 6.61. The number of nitrogens with one attached hydrogen (secondary N) is 7. The molecule has 0 aliphatic carbocycles. The van der Waals surface area contributed by atoms with Crippen molar-refractivity contribution < 1.29 is 28.8 Å². The lowest BCUT2D eigenvalue weighted by Crippen LogP contribution is -2.60. The summed E-state index contributed by atoms with van der Waals surface area (Å²) >= 11 is 3.40. The number of rotatable bonds is 21. The molecule has 5 aromatic rings. The Hall–Kier alpha value is -6.57. The van der Waals surface area contributed by atoms with Crippen LogP contribution in [0.5, 0.6) is 0 Å². The minimum atomic E-state index is -1.24. The molecule has 7 amide bonds. The first-order valence-electron chi connectivity index (χ1n) is 20.2. The van der Waals surface area contributed by atoms with E-state index < -0.39 is 65.8 Å². The van der Waals surface area contributed by atoms with Crippen molar-refractivity contribution in [3.8, 4) is 0 Å². The molecular weight excluding hydrogens is 860 g/mol. The fourth-order valence-corrected chi connectivity index (χ4v) is 6.88. The molecule has 0 saturated carbocycles. The van der Waals surface area contributed by atoms with Crippen LogP contribution in [0.4, 0.5) is 4.79 Å². The predicted molar refractivity (Wildman–Crippen MR) is 236 cm³/mol. The molecule has 5 atom stereocenters. The molecule has 2 heterocycles. The minimum Gasteiger partial charge on any atom is -0.368 e. The molecule has 0 aliphatic heterocycles. The maximum absolute atomic E-state index is 14.2. The van der Waals surface area contributed by atoms with Crippen LogP contribution in [0, 0.1) is 0 Å². The summed E-state index contributed by atoms with van der Waals surface area (Å²) in [5.74, 6) is -3.46. The number of halogens is 1. The number of carbonyl (C=O) groups excluding carboxylic acids is 6. The lowest BCUT2D eigenvalue weighted by atomic mass is 10.0. The van der Waals surface area contributed by atoms with Gasteiger partial charge >= 0.3 is 6.03 Å². The SMILES string of the molecule is C[C@H](NC(=O)[C@H](Cc1c[nH]c2ccccc12)NC(=O)[C@@H](N)Cc1cnc[nH]1)C(=O)NN(Cc1ccc(Br)cc1)C(=O)N[C@@H](Cc1ccccc1)C(=O)N[C@@H](CCCCN)C(N)=O. The van der Waals surface area contributed by atoms with E-state index in [1.165, 1.54) is 13.3 Å². The van der Waals surface area contributed by atoms with Crippen LogP contribution in [0.2, 0.25) is 0 Å². The largest absolute Gasteiger partial charge is 0.368 e. The van der Waals surface area contributed by atoms with E-state index in [0.717, 1.165) is 25.9 Å². The Morgan fingerprint density at radius 3 is 2.11 bits per heavy atom. The minimum absolute atomic E-state index is 0.0360. The molecule has 62 heavy (non-hydrogen) atoms. The van der Waals surface area contributed by atoms with Gasteiger partial charge in [0.2, 0.25) is 23.6 Å². The summed E-state index contributed by atoms with van der Waals surface area (Å²) < 4.78 is 0.782. The number of fused-ring (bicyclic) bond motifs is 1. The summed E-state index contributed by atoms with van der Waals surface area (Å²) in [5.41, 5.74) is 23.6. The third kappa shape index (κ3) is 13.7. The Labute approximate surface area is 367 Å². The van der Waals surface area contributed by atoms with E-state index in [4.69, 9.17) is 17.2 Å². The first-order chi connectivity index (χ1) is 29.8. The molecule has 5 rings (SSSR count). The molecule has 13 N–H and O–H groups in total. The summed E-state index contributed by atoms with van der Waals surface area (Å²) in [6, 6.07) is 16.9. The molecule has 0 spiro atoms. The van der Waals surface area contributed by atoms with Crippen LogP contribution < -0.4 is 43.9 Å². The highest BCUT2D eigenvalue weighted by Gasteiger charge is 2.31. The number of para-hydroxylation sites is 1. The van der Waals surface area contributed by atoms with E-state index >= 15 is 0 Å². The van der Waals surface area contributed by atoms with Crippen LogP contribution >= 0.6 is 15.9 Å². The number of imidazole rings is 1. The molecule has 328 valence electrons. The van der Waals surface area contributed by atoms with Crippen LogP contribution in [0.25, 0.3) is 10.9 Å². The number of amides is 7. The molecule has 0 saturated heterocycles. The Morgan fingerprint density at radius 2 is 1.42 bits per heavy atom. The highest BCUT2D eigenvalue weighted by molar-refractivity contribution is 9.10. The molecule has 18 nitrogen and oxygen atoms in total. The van der Waals surface area contributed by atoms with Crippen molar-refractivity contribution in [1.82, 2.24) is 46.7 Å². The van der Waals surface area contributed by atoms with Crippen molar-refractivity contribution in [1.29, 1.82) is 0 Å². The number of benzene rings is 3. The molecule has 3 aromatic carbocycles. The standard InChI is InChI=1S/C43H53BrN12O6/c1-26(51-41(60)37(20-29-22-49-34-12-6-5-11-32(29)34)53-40(59)33(46)21-31-23-48-25-50-31)39(58)55-56(24-28-14-16-30(44)17-15-28)43(62)54-36(19-27-9-3-2-4-10-27)42(61)52-35(38(47)57)13-7-8-18-45/h2-6,9-12,14-17,22-23,25-26,33,35-37,49H,7-8,13,18-21,24,45-46H2,1H3,(H2,47,57)(H,48,50)(H,51,60)(H,52,61)(H,53,59)(H,54,62)(H,55,58)/t26-,33-,35-,36-,37-/m0/s1. The second-order valence-corrected chi connectivity index (χ2v) is 15.8. The van der Waals surface area contributed by atoms with Crippen LogP contribution in [0.15, 0.2) is 102 Å². The van der Waals surface area contributed by atoms with Crippen molar-refractivity contribution >= 4 is 62.4 Å². The van der Waals surface area contributed by atoms with Gasteiger partial charge in [-0.2, -0.15) is 0 Å². The van der Waals surface area contributed by atoms with E-state index in [1.807, 2.05) is 30.3 Å². The van der Waals surface area contributed by atoms with Crippen molar-refractivity contribution in [2.75, 3.05) is 6.54 Å². The molecule has 19 heteroatoms. The van der Waals surface area contributed by atoms with E-state index in [-0.39, 0.29) is 32.2 Å². The third-order valence-corrected chi connectivity index (χ3v) is 10.6. The molecule has 0 aliphatic rings. The second-order valence-electron chi connectivity index (χ2n) is 14.9. The van der Waals surface area contributed by atoms with E-state index in [9.17, 15) is 28.8 Å². The molecule has 0 radical (unpaired) electrons. The number of urea groups is 1. The van der Waals surface area contributed by atoms with Gasteiger partial charge < -0.3 is 48.4 Å². The summed E-state index contributed by atoms with van der Waals surface area (Å²) in [5, 5.41) is 12.7. The maximum Gasteiger partial charge on any atom is 0.337 e. The first kappa shape index (κ1) is 46.5. The Bertz CT molecular complexity index is 2270. The first-order valence-corrected chi connectivity index (χ1v) is 21.0. The Kier molecular flexibility index (Phi) is 17.1. The Balaban J connectivity index is 1.34. The number of hydrogen-bond acceptors (Lipinski definition) is 9. The number of primary amides is 1. The highest BCUT2D eigenvalue weighted by atomic mass is 79.9. The van der Waals surface area contributed by atoms with Gasteiger partial charge in [-0.15, -0.1) is 0 Å². The highest BCUT2D eigenvalue weighted by Crippen LogP contribution is 2.20. The molecule has 0 bridgehead atoms. The van der Waals surface area contributed by atoms with E-state index in [1.54, 1.807) is 60.9 Å². The number of unbranched alkanes of at least 4 members (excludes halogenated alkanes) is 1. The van der Waals surface area contributed by atoms with Gasteiger partial charge in [-0.3, -0.25) is 29.4 Å². The predicted octanol–water partition coefficient (Wildman–Crippen LogP) is 1.71. The molecule has 0 fully saturated rings. The normalized spacial score (nSPS) is 13.5. The number of aromatic nitrogens is 3. The number of nitrogens with zero attached hydrogens (tertiary/aromatic N) is 2. The van der Waals surface area contributed by atoms with Crippen LogP contribution in [-0.2, 0) is 49.8 Å². The number of hydrazine groups is 1. The number of carbonyl (C=O) groups is 6.